The van der Waals surface area contributed by atoms with E-state index in [-0.39, 0.29) is 11.5 Å². The summed E-state index contributed by atoms with van der Waals surface area (Å²) in [6, 6.07) is 42.5. The van der Waals surface area contributed by atoms with Gasteiger partial charge in [0.1, 0.15) is 42.8 Å². The summed E-state index contributed by atoms with van der Waals surface area (Å²) in [5, 5.41) is 21.4. The van der Waals surface area contributed by atoms with Gasteiger partial charge < -0.3 is 76.5 Å². The lowest BCUT2D eigenvalue weighted by atomic mass is 9.94. The van der Waals surface area contributed by atoms with Crippen LogP contribution in [-0.4, -0.2) is 98.9 Å². The fourth-order valence-corrected chi connectivity index (χ4v) is 17.2. The van der Waals surface area contributed by atoms with Gasteiger partial charge in [-0.1, -0.05) is 158 Å². The van der Waals surface area contributed by atoms with E-state index in [9.17, 15) is 19.8 Å². The van der Waals surface area contributed by atoms with E-state index < -0.39 is 11.9 Å². The number of rotatable bonds is 22. The molecule has 13 rings (SSSR count). The Balaban J connectivity index is 0.000000176. The van der Waals surface area contributed by atoms with Crippen molar-refractivity contribution < 1.29 is 86.1 Å². The van der Waals surface area contributed by atoms with Crippen molar-refractivity contribution in [1.82, 2.24) is 0 Å². The molecule has 0 spiro atoms. The van der Waals surface area contributed by atoms with Crippen LogP contribution in [0.5, 0.6) is 92.0 Å². The van der Waals surface area contributed by atoms with E-state index in [0.717, 1.165) is 229 Å². The number of phenolic OH excluding ortho intramolecular Hbond substituents is 2. The second-order valence-electron chi connectivity index (χ2n) is 33.4. The van der Waals surface area contributed by atoms with Gasteiger partial charge in [-0.05, 0) is 263 Å². The van der Waals surface area contributed by atoms with Gasteiger partial charge in [-0.25, -0.2) is 0 Å². The fraction of sp³-hybridized carbons (Fsp3) is 0.426. The van der Waals surface area contributed by atoms with Gasteiger partial charge in [-0.15, -0.1) is 0 Å². The van der Waals surface area contributed by atoms with Crippen LogP contribution in [0.3, 0.4) is 0 Å². The number of hydrogen-bond acceptors (Lipinski definition) is 18. The summed E-state index contributed by atoms with van der Waals surface area (Å²) in [6.07, 6.45) is 29.4. The monoisotopic (exact) mass is 1720 g/mol. The number of phenols is 2. The first-order chi connectivity index (χ1) is 61.1. The quantitative estimate of drug-likeness (QED) is 0.0368. The lowest BCUT2D eigenvalue weighted by Gasteiger charge is -2.22. The summed E-state index contributed by atoms with van der Waals surface area (Å²) in [6.45, 7) is 25.6. The molecule has 16 bridgehead atoms. The SMILES string of the molecule is C=C1CCCCc2cc(c(OC)c(OC)c2OCCC)-c2cc(ccc2O)CC1.C=CCOc1ccc2cc1-c1cc(c(OCC=C)c(OC)c1OC)CCCCC(C)CC2.COc1c2cc(c(OC(C)=O)c1OC)CCCCC(C)CCc1ccc(OC(C)=O)c-2c1.COc1c2cc(c(OCc3ccccc3)c1OC)CCCCC(C)CCc1ccc(O)c-2c1. The van der Waals surface area contributed by atoms with E-state index in [1.807, 2.05) is 54.6 Å². The largest absolute Gasteiger partial charge is 0.507 e. The molecule has 126 heavy (non-hydrogen) atoms. The molecule has 0 heterocycles. The minimum Gasteiger partial charge on any atom is -0.507 e. The number of ether oxygens (including phenoxy) is 14. The van der Waals surface area contributed by atoms with Crippen molar-refractivity contribution in [3.8, 4) is 136 Å². The molecule has 2 N–H and O–H groups in total. The average Bonchev–Trinajstić information content (AvgIpc) is 0.868. The first-order valence-corrected chi connectivity index (χ1v) is 45.0. The van der Waals surface area contributed by atoms with Crippen LogP contribution in [0.15, 0.2) is 165 Å². The molecule has 0 fully saturated rings. The molecule has 674 valence electrons. The van der Waals surface area contributed by atoms with E-state index in [4.69, 9.17) is 66.3 Å². The Hall–Kier alpha value is -11.7. The third kappa shape index (κ3) is 25.6. The van der Waals surface area contributed by atoms with Gasteiger partial charge in [0.05, 0.1) is 63.5 Å². The van der Waals surface area contributed by atoms with E-state index in [2.05, 4.69) is 108 Å². The highest BCUT2D eigenvalue weighted by molar-refractivity contribution is 5.87. The van der Waals surface area contributed by atoms with Crippen molar-refractivity contribution in [1.29, 1.82) is 0 Å². The Kier molecular flexibility index (Phi) is 37.3. The highest BCUT2D eigenvalue weighted by Gasteiger charge is 2.31. The maximum absolute atomic E-state index is 11.9. The maximum Gasteiger partial charge on any atom is 0.308 e. The van der Waals surface area contributed by atoms with Crippen molar-refractivity contribution in [3.63, 3.8) is 0 Å². The first kappa shape index (κ1) is 96.6. The lowest BCUT2D eigenvalue weighted by Crippen LogP contribution is -2.08. The van der Waals surface area contributed by atoms with Gasteiger partial charge in [-0.2, -0.15) is 0 Å². The molecule has 0 saturated carbocycles. The van der Waals surface area contributed by atoms with Gasteiger partial charge in [0.25, 0.3) is 0 Å². The highest BCUT2D eigenvalue weighted by atomic mass is 16.6. The maximum atomic E-state index is 11.9. The molecule has 0 radical (unpaired) electrons. The lowest BCUT2D eigenvalue weighted by molar-refractivity contribution is -0.132. The second-order valence-corrected chi connectivity index (χ2v) is 33.4. The molecule has 0 amide bonds. The second kappa shape index (κ2) is 48.7. The molecule has 9 aromatic carbocycles. The number of aryl methyl sites for hydroxylation is 8. The van der Waals surface area contributed by atoms with Crippen LogP contribution in [0.4, 0.5) is 0 Å². The van der Waals surface area contributed by atoms with Crippen molar-refractivity contribution in [2.45, 2.75) is 209 Å². The van der Waals surface area contributed by atoms with Gasteiger partial charge in [-0.3, -0.25) is 9.59 Å². The van der Waals surface area contributed by atoms with Gasteiger partial charge in [0, 0.05) is 58.4 Å². The van der Waals surface area contributed by atoms with Crippen molar-refractivity contribution in [2.75, 3.05) is 76.7 Å². The number of carbonyl (C=O) groups is 2. The van der Waals surface area contributed by atoms with Crippen LogP contribution in [-0.2, 0) is 67.6 Å². The highest BCUT2D eigenvalue weighted by Crippen LogP contribution is 2.55. The summed E-state index contributed by atoms with van der Waals surface area (Å²) < 4.78 is 82.0. The van der Waals surface area contributed by atoms with Gasteiger partial charge in [0.2, 0.25) is 23.0 Å². The topological polar surface area (TPSA) is 204 Å². The molecule has 3 unspecified atom stereocenters. The number of carbonyl (C=O) groups excluding carboxylic acids is 2. The van der Waals surface area contributed by atoms with Crippen molar-refractivity contribution >= 4 is 11.9 Å². The standard InChI is InChI=1S/C29H34O4.C28H36O4.C26H32O6.C25H32O4/c1-20-9-7-8-12-23-18-25(24-17-21(14-13-20)15-16-26(24)30)28(31-2)29(32-3)27(23)33-19-22-10-5-4-6-11-22;1-6-16-31-25-15-14-21-13-12-20(3)10-8-9-11-22-19-24(23(25)18-21)27(29-4)28(30-5)26(22)32-17-7-2;1-16-8-6-7-9-20-15-22(25(29-4)26(30-5)24(20)32-18(3)28)21-14-19(11-10-16)12-13-23(21)31-17(2)27;1-5-14-29-23-19-9-7-6-8-17(2)10-11-18-12-13-22(26)20(15-18)21(16-19)24(27-3)25(23)28-4/h4-6,10-11,15-18,20,30H,7-9,12-14,19H2,1-3H3;6-7,14-15,18-20H,1-2,8-13,16-17H2,3-5H3;12-16H,6-11H2,1-5H3;12-13,15-16,26H,2,5-11,14H2,1,3-4H3. The zero-order chi connectivity index (χ0) is 90.2. The molecule has 0 aliphatic heterocycles. The Morgan fingerprint density at radius 1 is 0.349 bits per heavy atom. The summed E-state index contributed by atoms with van der Waals surface area (Å²) >= 11 is 0. The summed E-state index contributed by atoms with van der Waals surface area (Å²) in [5.74, 6) is 9.89. The van der Waals surface area contributed by atoms with Crippen LogP contribution in [0.1, 0.15) is 201 Å². The Morgan fingerprint density at radius 2 is 0.706 bits per heavy atom. The number of hydrogen-bond donors (Lipinski definition) is 2. The zero-order valence-electron chi connectivity index (χ0n) is 77.1. The van der Waals surface area contributed by atoms with Crippen LogP contribution < -0.4 is 66.3 Å². The third-order valence-corrected chi connectivity index (χ3v) is 23.9. The molecule has 9 aromatic rings. The number of methoxy groups -OCH3 is 8. The first-order valence-electron chi connectivity index (χ1n) is 45.0. The Morgan fingerprint density at radius 3 is 1.13 bits per heavy atom. The molecule has 4 aliphatic rings. The van der Waals surface area contributed by atoms with Gasteiger partial charge in [0.15, 0.2) is 46.0 Å². The van der Waals surface area contributed by atoms with Gasteiger partial charge >= 0.3 is 11.9 Å². The minimum absolute atomic E-state index is 0.232. The molecular weight excluding hydrogens is 1590 g/mol. The number of fused-ring (bicyclic) bond motifs is 20. The summed E-state index contributed by atoms with van der Waals surface area (Å²) in [7, 11) is 12.9. The van der Waals surface area contributed by atoms with E-state index >= 15 is 0 Å². The molecular formula is C108H134O18. The Labute approximate surface area is 748 Å². The summed E-state index contributed by atoms with van der Waals surface area (Å²) in [5.41, 5.74) is 18.0. The summed E-state index contributed by atoms with van der Waals surface area (Å²) in [4.78, 5) is 23.7. The minimum atomic E-state index is -0.423. The number of benzene rings is 9. The molecule has 18 heteroatoms. The number of esters is 2. The molecule has 0 saturated heterocycles. The number of allylic oxidation sites excluding steroid dienone is 1. The van der Waals surface area contributed by atoms with E-state index in [0.29, 0.717) is 102 Å². The predicted molar refractivity (Wildman–Crippen MR) is 504 cm³/mol. The smallest absolute Gasteiger partial charge is 0.308 e. The number of aromatic hydroxyl groups is 2. The van der Waals surface area contributed by atoms with Crippen LogP contribution in [0.25, 0.3) is 44.5 Å². The molecule has 0 aromatic heterocycles. The van der Waals surface area contributed by atoms with Crippen molar-refractivity contribution in [3.05, 3.63) is 215 Å². The fourth-order valence-electron chi connectivity index (χ4n) is 17.2. The van der Waals surface area contributed by atoms with E-state index in [1.165, 1.54) is 75.3 Å². The normalized spacial score (nSPS) is 15.7. The van der Waals surface area contributed by atoms with Crippen LogP contribution in [0.2, 0.25) is 0 Å². The van der Waals surface area contributed by atoms with Crippen molar-refractivity contribution in [2.24, 2.45) is 17.8 Å². The van der Waals surface area contributed by atoms with Crippen LogP contribution in [0, 0.1) is 17.8 Å². The van der Waals surface area contributed by atoms with E-state index in [1.54, 1.807) is 74.1 Å². The Bertz CT molecular complexity index is 5140. The van der Waals surface area contributed by atoms with Crippen LogP contribution >= 0.6 is 0 Å². The zero-order valence-corrected chi connectivity index (χ0v) is 77.1. The molecule has 4 aliphatic carbocycles. The predicted octanol–water partition coefficient (Wildman–Crippen LogP) is 25.3. The third-order valence-electron chi connectivity index (χ3n) is 23.9. The molecule has 3 atom stereocenters. The average molecular weight is 1720 g/mol. The molecule has 18 nitrogen and oxygen atoms in total.